The Balaban J connectivity index is 1.43. The third kappa shape index (κ3) is 7.02. The van der Waals surface area contributed by atoms with Crippen LogP contribution in [-0.2, 0) is 14.3 Å². The molecule has 5 heteroatoms. The van der Waals surface area contributed by atoms with Crippen LogP contribution in [0.25, 0.3) is 0 Å². The van der Waals surface area contributed by atoms with E-state index in [1.165, 1.54) is 25.7 Å². The molecule has 0 spiro atoms. The van der Waals surface area contributed by atoms with Crippen LogP contribution in [0.5, 0.6) is 0 Å². The van der Waals surface area contributed by atoms with Gasteiger partial charge >= 0.3 is 0 Å². The lowest BCUT2D eigenvalue weighted by atomic mass is 10.1. The molecule has 0 aromatic carbocycles. The molecule has 1 fully saturated rings. The normalized spacial score (nSPS) is 26.2. The Bertz CT molecular complexity index is 357. The van der Waals surface area contributed by atoms with Gasteiger partial charge in [-0.15, -0.1) is 0 Å². The summed E-state index contributed by atoms with van der Waals surface area (Å²) in [6, 6.07) is 0. The highest BCUT2D eigenvalue weighted by atomic mass is 16.5. The third-order valence-electron chi connectivity index (χ3n) is 4.92. The van der Waals surface area contributed by atoms with Gasteiger partial charge in [-0.3, -0.25) is 4.79 Å². The first-order chi connectivity index (χ1) is 11.3. The second-order valence-corrected chi connectivity index (χ2v) is 6.52. The molecule has 0 aliphatic heterocycles. The number of nitrogens with two attached hydrogens (primary N) is 1. The summed E-state index contributed by atoms with van der Waals surface area (Å²) in [6.45, 7) is 3.34. The van der Waals surface area contributed by atoms with Crippen LogP contribution >= 0.6 is 0 Å². The summed E-state index contributed by atoms with van der Waals surface area (Å²) in [6.07, 6.45) is 11.4. The molecule has 2 aliphatic carbocycles. The Labute approximate surface area is 140 Å². The zero-order valence-electron chi connectivity index (χ0n) is 14.2. The zero-order chi connectivity index (χ0) is 16.3. The number of ether oxygens (including phenoxy) is 2. The number of hydrogen-bond acceptors (Lipinski definition) is 4. The van der Waals surface area contributed by atoms with Crippen LogP contribution in [-0.4, -0.2) is 45.4 Å². The minimum absolute atomic E-state index is 0.158. The van der Waals surface area contributed by atoms with Crippen molar-refractivity contribution in [2.45, 2.75) is 38.5 Å². The van der Waals surface area contributed by atoms with Crippen LogP contribution in [0.3, 0.4) is 0 Å². The van der Waals surface area contributed by atoms with Crippen molar-refractivity contribution >= 4 is 5.91 Å². The smallest absolute Gasteiger partial charge is 0.220 e. The van der Waals surface area contributed by atoms with E-state index >= 15 is 0 Å². The van der Waals surface area contributed by atoms with Crippen molar-refractivity contribution in [3.8, 4) is 0 Å². The number of carbonyl (C=O) groups excluding carboxylic acids is 1. The standard InChI is InChI=1S/C18H32N2O3/c19-9-11-22-13-14-23-12-10-20-18(21)8-7-17-15-5-3-1-2-4-6-16(15)17/h1-2,15-17H,3-14,19H2,(H,20,21)/t15-,16+,17?. The topological polar surface area (TPSA) is 73.6 Å². The van der Waals surface area contributed by atoms with Crippen molar-refractivity contribution in [2.75, 3.05) is 39.5 Å². The first-order valence-electron chi connectivity index (χ1n) is 9.10. The predicted molar refractivity (Wildman–Crippen MR) is 91.0 cm³/mol. The minimum Gasteiger partial charge on any atom is -0.378 e. The van der Waals surface area contributed by atoms with Crippen molar-refractivity contribution < 1.29 is 14.3 Å². The molecule has 0 radical (unpaired) electrons. The van der Waals surface area contributed by atoms with E-state index in [-0.39, 0.29) is 5.91 Å². The molecular weight excluding hydrogens is 292 g/mol. The molecule has 132 valence electrons. The zero-order valence-corrected chi connectivity index (χ0v) is 14.2. The van der Waals surface area contributed by atoms with E-state index in [1.54, 1.807) is 0 Å². The van der Waals surface area contributed by atoms with E-state index in [0.29, 0.717) is 45.9 Å². The Morgan fingerprint density at radius 2 is 1.70 bits per heavy atom. The molecule has 1 unspecified atom stereocenters. The maximum absolute atomic E-state index is 11.9. The SMILES string of the molecule is NCCOCCOCCNC(=O)CCC1[C@H]2CCC=CCC[C@@H]12. The average Bonchev–Trinajstić information content (AvgIpc) is 3.17. The van der Waals surface area contributed by atoms with Gasteiger partial charge in [0.1, 0.15) is 0 Å². The number of carbonyl (C=O) groups is 1. The summed E-state index contributed by atoms with van der Waals surface area (Å²) in [5.41, 5.74) is 5.32. The summed E-state index contributed by atoms with van der Waals surface area (Å²) in [5.74, 6) is 2.70. The largest absolute Gasteiger partial charge is 0.378 e. The van der Waals surface area contributed by atoms with Crippen LogP contribution in [0.15, 0.2) is 12.2 Å². The summed E-state index contributed by atoms with van der Waals surface area (Å²) >= 11 is 0. The van der Waals surface area contributed by atoms with Gasteiger partial charge in [0.2, 0.25) is 5.91 Å². The van der Waals surface area contributed by atoms with Gasteiger partial charge in [0.15, 0.2) is 0 Å². The van der Waals surface area contributed by atoms with E-state index in [9.17, 15) is 4.79 Å². The molecular formula is C18H32N2O3. The van der Waals surface area contributed by atoms with E-state index in [2.05, 4.69) is 17.5 Å². The van der Waals surface area contributed by atoms with Gasteiger partial charge in [-0.05, 0) is 49.9 Å². The molecule has 0 bridgehead atoms. The average molecular weight is 324 g/mol. The van der Waals surface area contributed by atoms with E-state index in [0.717, 1.165) is 24.2 Å². The first-order valence-corrected chi connectivity index (χ1v) is 9.10. The molecule has 2 rings (SSSR count). The molecule has 5 nitrogen and oxygen atoms in total. The highest BCUT2D eigenvalue weighted by Crippen LogP contribution is 2.54. The molecule has 23 heavy (non-hydrogen) atoms. The molecule has 0 aromatic rings. The lowest BCUT2D eigenvalue weighted by Gasteiger charge is -2.07. The van der Waals surface area contributed by atoms with Crippen LogP contribution < -0.4 is 11.1 Å². The highest BCUT2D eigenvalue weighted by molar-refractivity contribution is 5.75. The quantitative estimate of drug-likeness (QED) is 0.449. The molecule has 0 saturated heterocycles. The molecule has 0 heterocycles. The molecule has 1 amide bonds. The van der Waals surface area contributed by atoms with Gasteiger partial charge in [-0.2, -0.15) is 0 Å². The van der Waals surface area contributed by atoms with Gasteiger partial charge < -0.3 is 20.5 Å². The van der Waals surface area contributed by atoms with Crippen molar-refractivity contribution in [2.24, 2.45) is 23.5 Å². The summed E-state index contributed by atoms with van der Waals surface area (Å²) < 4.78 is 10.6. The molecule has 3 N–H and O–H groups in total. The number of hydrogen-bond donors (Lipinski definition) is 2. The van der Waals surface area contributed by atoms with Gasteiger partial charge in [0, 0.05) is 19.5 Å². The lowest BCUT2D eigenvalue weighted by molar-refractivity contribution is -0.121. The van der Waals surface area contributed by atoms with E-state index in [4.69, 9.17) is 15.2 Å². The number of nitrogens with one attached hydrogen (secondary N) is 1. The maximum Gasteiger partial charge on any atom is 0.220 e. The fraction of sp³-hybridized carbons (Fsp3) is 0.833. The fourth-order valence-electron chi connectivity index (χ4n) is 3.68. The minimum atomic E-state index is 0.158. The van der Waals surface area contributed by atoms with Crippen molar-refractivity contribution in [1.82, 2.24) is 5.32 Å². The molecule has 0 aromatic heterocycles. The van der Waals surface area contributed by atoms with Crippen LogP contribution in [0.4, 0.5) is 0 Å². The summed E-state index contributed by atoms with van der Waals surface area (Å²) in [5, 5.41) is 2.94. The second kappa shape index (κ2) is 10.8. The van der Waals surface area contributed by atoms with E-state index < -0.39 is 0 Å². The predicted octanol–water partition coefficient (Wildman–Crippen LogP) is 1.87. The highest BCUT2D eigenvalue weighted by Gasteiger charge is 2.47. The summed E-state index contributed by atoms with van der Waals surface area (Å²) in [7, 11) is 0. The number of fused-ring (bicyclic) bond motifs is 1. The van der Waals surface area contributed by atoms with Gasteiger partial charge in [-0.25, -0.2) is 0 Å². The molecule has 3 atom stereocenters. The molecule has 1 saturated carbocycles. The van der Waals surface area contributed by atoms with Crippen LogP contribution in [0.2, 0.25) is 0 Å². The number of allylic oxidation sites excluding steroid dienone is 2. The van der Waals surface area contributed by atoms with Crippen molar-refractivity contribution in [1.29, 1.82) is 0 Å². The second-order valence-electron chi connectivity index (χ2n) is 6.52. The Hall–Kier alpha value is -0.910. The summed E-state index contributed by atoms with van der Waals surface area (Å²) in [4.78, 5) is 11.9. The first kappa shape index (κ1) is 18.4. The van der Waals surface area contributed by atoms with E-state index in [1.807, 2.05) is 0 Å². The van der Waals surface area contributed by atoms with Crippen molar-refractivity contribution in [3.63, 3.8) is 0 Å². The molecule has 2 aliphatic rings. The fourth-order valence-corrected chi connectivity index (χ4v) is 3.68. The van der Waals surface area contributed by atoms with Gasteiger partial charge in [0.25, 0.3) is 0 Å². The van der Waals surface area contributed by atoms with Crippen molar-refractivity contribution in [3.05, 3.63) is 12.2 Å². The Morgan fingerprint density at radius 3 is 2.35 bits per heavy atom. The lowest BCUT2D eigenvalue weighted by Crippen LogP contribution is -2.27. The Kier molecular flexibility index (Phi) is 8.64. The number of amides is 1. The monoisotopic (exact) mass is 324 g/mol. The van der Waals surface area contributed by atoms with Gasteiger partial charge in [0.05, 0.1) is 26.4 Å². The third-order valence-corrected chi connectivity index (χ3v) is 4.92. The van der Waals surface area contributed by atoms with Crippen LogP contribution in [0, 0.1) is 17.8 Å². The number of rotatable bonds is 11. The maximum atomic E-state index is 11.9. The van der Waals surface area contributed by atoms with Gasteiger partial charge in [-0.1, -0.05) is 12.2 Å². The van der Waals surface area contributed by atoms with Crippen LogP contribution in [0.1, 0.15) is 38.5 Å². The Morgan fingerprint density at radius 1 is 1.04 bits per heavy atom.